The maximum atomic E-state index is 13.4. The standard InChI is InChI=1S/C11H10FNO/c12-10-3-1-2-8-4-5-9(11(8)10)6-13-7-14/h1-3,9H,4-6H2. The van der Waals surface area contributed by atoms with E-state index in [1.807, 2.05) is 6.07 Å². The molecule has 1 aromatic carbocycles. The molecule has 0 amide bonds. The number of aliphatic imine (C=N–C) groups is 1. The predicted molar refractivity (Wildman–Crippen MR) is 50.5 cm³/mol. The molecular formula is C11H10FNO. The molecule has 1 aromatic rings. The van der Waals surface area contributed by atoms with E-state index in [-0.39, 0.29) is 11.7 Å². The smallest absolute Gasteiger partial charge is 0.211 e. The van der Waals surface area contributed by atoms with Gasteiger partial charge in [0.1, 0.15) is 5.82 Å². The van der Waals surface area contributed by atoms with Gasteiger partial charge in [0.05, 0.1) is 6.54 Å². The van der Waals surface area contributed by atoms with Crippen LogP contribution in [0.15, 0.2) is 23.2 Å². The van der Waals surface area contributed by atoms with Crippen molar-refractivity contribution in [3.63, 3.8) is 0 Å². The molecule has 0 fully saturated rings. The fourth-order valence-corrected chi connectivity index (χ4v) is 2.06. The Hall–Kier alpha value is -1.47. The highest BCUT2D eigenvalue weighted by Crippen LogP contribution is 2.34. The maximum Gasteiger partial charge on any atom is 0.234 e. The van der Waals surface area contributed by atoms with Crippen LogP contribution in [-0.2, 0) is 11.2 Å². The lowest BCUT2D eigenvalue weighted by Gasteiger charge is -2.07. The van der Waals surface area contributed by atoms with Gasteiger partial charge in [-0.15, -0.1) is 0 Å². The Kier molecular flexibility index (Phi) is 2.42. The van der Waals surface area contributed by atoms with Crippen LogP contribution < -0.4 is 0 Å². The minimum atomic E-state index is -0.175. The number of aryl methyl sites for hydroxylation is 1. The van der Waals surface area contributed by atoms with Gasteiger partial charge in [-0.1, -0.05) is 12.1 Å². The van der Waals surface area contributed by atoms with Crippen LogP contribution in [0.4, 0.5) is 4.39 Å². The van der Waals surface area contributed by atoms with Crippen molar-refractivity contribution in [2.24, 2.45) is 4.99 Å². The zero-order valence-electron chi connectivity index (χ0n) is 7.66. The maximum absolute atomic E-state index is 13.4. The zero-order chi connectivity index (χ0) is 9.97. The van der Waals surface area contributed by atoms with Crippen molar-refractivity contribution >= 4 is 6.08 Å². The van der Waals surface area contributed by atoms with Crippen molar-refractivity contribution in [3.8, 4) is 0 Å². The molecule has 2 nitrogen and oxygen atoms in total. The molecule has 1 aliphatic rings. The van der Waals surface area contributed by atoms with E-state index < -0.39 is 0 Å². The normalized spacial score (nSPS) is 18.8. The van der Waals surface area contributed by atoms with Crippen molar-refractivity contribution < 1.29 is 9.18 Å². The summed E-state index contributed by atoms with van der Waals surface area (Å²) >= 11 is 0. The Balaban J connectivity index is 2.33. The summed E-state index contributed by atoms with van der Waals surface area (Å²) in [7, 11) is 0. The third kappa shape index (κ3) is 1.47. The molecule has 2 rings (SSSR count). The highest BCUT2D eigenvalue weighted by molar-refractivity contribution is 5.38. The van der Waals surface area contributed by atoms with E-state index in [1.165, 1.54) is 12.1 Å². The summed E-state index contributed by atoms with van der Waals surface area (Å²) < 4.78 is 13.4. The summed E-state index contributed by atoms with van der Waals surface area (Å²) in [6, 6.07) is 5.12. The molecule has 14 heavy (non-hydrogen) atoms. The Morgan fingerprint density at radius 2 is 2.43 bits per heavy atom. The summed E-state index contributed by atoms with van der Waals surface area (Å²) in [5.41, 5.74) is 1.79. The van der Waals surface area contributed by atoms with Crippen LogP contribution in [0.2, 0.25) is 0 Å². The number of benzene rings is 1. The zero-order valence-corrected chi connectivity index (χ0v) is 7.66. The SMILES string of the molecule is O=C=NCC1CCc2cccc(F)c21. The van der Waals surface area contributed by atoms with Crippen molar-refractivity contribution in [2.75, 3.05) is 6.54 Å². The number of isocyanates is 1. The van der Waals surface area contributed by atoms with E-state index in [4.69, 9.17) is 0 Å². The predicted octanol–water partition coefficient (Wildman–Crippen LogP) is 2.19. The quantitative estimate of drug-likeness (QED) is 0.520. The number of hydrogen-bond donors (Lipinski definition) is 0. The van der Waals surface area contributed by atoms with Gasteiger partial charge in [-0.25, -0.2) is 14.2 Å². The molecule has 0 aromatic heterocycles. The Morgan fingerprint density at radius 3 is 3.21 bits per heavy atom. The summed E-state index contributed by atoms with van der Waals surface area (Å²) in [4.78, 5) is 13.5. The molecular weight excluding hydrogens is 181 g/mol. The molecule has 3 heteroatoms. The van der Waals surface area contributed by atoms with Crippen LogP contribution in [0.5, 0.6) is 0 Å². The Bertz CT molecular complexity index is 396. The van der Waals surface area contributed by atoms with E-state index in [0.717, 1.165) is 24.0 Å². The topological polar surface area (TPSA) is 29.4 Å². The molecule has 0 saturated heterocycles. The molecule has 1 aliphatic carbocycles. The number of fused-ring (bicyclic) bond motifs is 1. The summed E-state index contributed by atoms with van der Waals surface area (Å²) in [6.45, 7) is 0.359. The van der Waals surface area contributed by atoms with Crippen molar-refractivity contribution in [2.45, 2.75) is 18.8 Å². The molecule has 1 atom stereocenters. The van der Waals surface area contributed by atoms with Crippen LogP contribution in [0.1, 0.15) is 23.5 Å². The van der Waals surface area contributed by atoms with Gasteiger partial charge < -0.3 is 0 Å². The van der Waals surface area contributed by atoms with Gasteiger partial charge in [-0.2, -0.15) is 0 Å². The van der Waals surface area contributed by atoms with Gasteiger partial charge in [0.2, 0.25) is 6.08 Å². The first kappa shape index (κ1) is 9.10. The average molecular weight is 191 g/mol. The van der Waals surface area contributed by atoms with Gasteiger partial charge in [-0.3, -0.25) is 0 Å². The van der Waals surface area contributed by atoms with Crippen molar-refractivity contribution in [1.82, 2.24) is 0 Å². The molecule has 0 heterocycles. The fourth-order valence-electron chi connectivity index (χ4n) is 2.06. The highest BCUT2D eigenvalue weighted by atomic mass is 19.1. The molecule has 72 valence electrons. The van der Waals surface area contributed by atoms with Gasteiger partial charge in [0.15, 0.2) is 0 Å². The van der Waals surface area contributed by atoms with Gasteiger partial charge >= 0.3 is 0 Å². The number of halogens is 1. The van der Waals surface area contributed by atoms with E-state index in [1.54, 1.807) is 6.07 Å². The first-order valence-corrected chi connectivity index (χ1v) is 4.64. The summed E-state index contributed by atoms with van der Waals surface area (Å²) in [5, 5.41) is 0. The van der Waals surface area contributed by atoms with Gasteiger partial charge in [0, 0.05) is 5.92 Å². The lowest BCUT2D eigenvalue weighted by Crippen LogP contribution is -2.00. The number of nitrogens with zero attached hydrogens (tertiary/aromatic N) is 1. The largest absolute Gasteiger partial charge is 0.234 e. The fraction of sp³-hybridized carbons (Fsp3) is 0.364. The Labute approximate surface area is 81.5 Å². The molecule has 0 radical (unpaired) electrons. The first-order valence-electron chi connectivity index (χ1n) is 4.64. The van der Waals surface area contributed by atoms with Crippen LogP contribution in [0.25, 0.3) is 0 Å². The van der Waals surface area contributed by atoms with E-state index in [0.29, 0.717) is 6.54 Å². The second-order valence-corrected chi connectivity index (χ2v) is 3.48. The number of hydrogen-bond acceptors (Lipinski definition) is 2. The highest BCUT2D eigenvalue weighted by Gasteiger charge is 2.25. The molecule has 1 unspecified atom stereocenters. The van der Waals surface area contributed by atoms with E-state index in [2.05, 4.69) is 4.99 Å². The van der Waals surface area contributed by atoms with Crippen molar-refractivity contribution in [3.05, 3.63) is 35.1 Å². The van der Waals surface area contributed by atoms with Crippen LogP contribution in [0.3, 0.4) is 0 Å². The molecule has 0 saturated carbocycles. The third-order valence-corrected chi connectivity index (χ3v) is 2.69. The van der Waals surface area contributed by atoms with Crippen LogP contribution in [-0.4, -0.2) is 12.6 Å². The molecule has 0 spiro atoms. The van der Waals surface area contributed by atoms with Crippen LogP contribution >= 0.6 is 0 Å². The Morgan fingerprint density at radius 1 is 1.57 bits per heavy atom. The molecule has 0 bridgehead atoms. The summed E-state index contributed by atoms with van der Waals surface area (Å²) in [5.74, 6) is -0.112. The monoisotopic (exact) mass is 191 g/mol. The second-order valence-electron chi connectivity index (χ2n) is 3.48. The minimum absolute atomic E-state index is 0.0626. The first-order chi connectivity index (χ1) is 6.83. The van der Waals surface area contributed by atoms with E-state index >= 15 is 0 Å². The lowest BCUT2D eigenvalue weighted by molar-refractivity contribution is 0.556. The van der Waals surface area contributed by atoms with Gasteiger partial charge in [-0.05, 0) is 30.0 Å². The number of rotatable bonds is 2. The van der Waals surface area contributed by atoms with E-state index in [9.17, 15) is 9.18 Å². The second kappa shape index (κ2) is 3.72. The lowest BCUT2D eigenvalue weighted by atomic mass is 10.0. The minimum Gasteiger partial charge on any atom is -0.211 e. The third-order valence-electron chi connectivity index (χ3n) is 2.69. The summed E-state index contributed by atoms with van der Waals surface area (Å²) in [6.07, 6.45) is 3.25. The van der Waals surface area contributed by atoms with Crippen LogP contribution in [0, 0.1) is 5.82 Å². The molecule has 0 N–H and O–H groups in total. The average Bonchev–Trinajstić information content (AvgIpc) is 2.59. The van der Waals surface area contributed by atoms with Gasteiger partial charge in [0.25, 0.3) is 0 Å². The van der Waals surface area contributed by atoms with Crippen molar-refractivity contribution in [1.29, 1.82) is 0 Å². The number of carbonyl (C=O) groups excluding carboxylic acids is 1. The molecule has 0 aliphatic heterocycles.